The number of carboxylic acid groups (broad SMARTS) is 1. The largest absolute Gasteiger partial charge is 0.481 e. The molecule has 17 heavy (non-hydrogen) atoms. The second-order valence-corrected chi connectivity index (χ2v) is 5.30. The maximum Gasteiger partial charge on any atom is 0.303 e. The molecule has 1 unspecified atom stereocenters. The first kappa shape index (κ1) is 16.5. The molecule has 0 spiro atoms. The highest BCUT2D eigenvalue weighted by Crippen LogP contribution is 2.17. The third kappa shape index (κ3) is 13.4. The van der Waals surface area contributed by atoms with Crippen molar-refractivity contribution in [3.8, 4) is 0 Å². The Morgan fingerprint density at radius 1 is 0.941 bits per heavy atom. The average molecular weight is 242 g/mol. The van der Waals surface area contributed by atoms with Crippen molar-refractivity contribution in [2.45, 2.75) is 84.5 Å². The molecule has 2 nitrogen and oxygen atoms in total. The van der Waals surface area contributed by atoms with Crippen LogP contribution >= 0.6 is 0 Å². The molecule has 0 amide bonds. The summed E-state index contributed by atoms with van der Waals surface area (Å²) >= 11 is 0. The zero-order valence-corrected chi connectivity index (χ0v) is 11.7. The zero-order chi connectivity index (χ0) is 12.9. The third-order valence-corrected chi connectivity index (χ3v) is 3.39. The quantitative estimate of drug-likeness (QED) is 0.488. The molecule has 0 saturated heterocycles. The molecule has 0 rings (SSSR count). The Labute approximate surface area is 107 Å². The minimum Gasteiger partial charge on any atom is -0.481 e. The van der Waals surface area contributed by atoms with Gasteiger partial charge in [-0.15, -0.1) is 0 Å². The highest BCUT2D eigenvalue weighted by Gasteiger charge is 2.02. The second kappa shape index (κ2) is 11.9. The van der Waals surface area contributed by atoms with Crippen LogP contribution in [0.15, 0.2) is 0 Å². The Morgan fingerprint density at radius 2 is 1.47 bits per heavy atom. The lowest BCUT2D eigenvalue weighted by atomic mass is 9.96. The molecule has 0 aliphatic carbocycles. The minimum absolute atomic E-state index is 0.341. The van der Waals surface area contributed by atoms with Crippen LogP contribution in [0.25, 0.3) is 0 Å². The van der Waals surface area contributed by atoms with E-state index in [1.54, 1.807) is 0 Å². The van der Waals surface area contributed by atoms with Gasteiger partial charge in [-0.05, 0) is 12.3 Å². The lowest BCUT2D eigenvalue weighted by molar-refractivity contribution is -0.137. The summed E-state index contributed by atoms with van der Waals surface area (Å²) in [6.07, 6.45) is 12.9. The standard InChI is InChI=1S/C15H30O2/c1-3-4-8-11-14(2)12-9-6-5-7-10-13-15(16)17/h14H,3-13H2,1-2H3,(H,16,17). The van der Waals surface area contributed by atoms with Crippen LogP contribution in [0.4, 0.5) is 0 Å². The van der Waals surface area contributed by atoms with Gasteiger partial charge in [-0.25, -0.2) is 0 Å². The zero-order valence-electron chi connectivity index (χ0n) is 11.7. The molecule has 2 heteroatoms. The van der Waals surface area contributed by atoms with Gasteiger partial charge in [-0.2, -0.15) is 0 Å². The molecule has 0 aromatic rings. The van der Waals surface area contributed by atoms with Crippen LogP contribution in [0, 0.1) is 5.92 Å². The fourth-order valence-electron chi connectivity index (χ4n) is 2.19. The third-order valence-electron chi connectivity index (χ3n) is 3.39. The molecule has 1 N–H and O–H groups in total. The van der Waals surface area contributed by atoms with E-state index < -0.39 is 5.97 Å². The van der Waals surface area contributed by atoms with Crippen LogP contribution in [0.5, 0.6) is 0 Å². The maximum absolute atomic E-state index is 10.3. The van der Waals surface area contributed by atoms with E-state index in [4.69, 9.17) is 5.11 Å². The van der Waals surface area contributed by atoms with Gasteiger partial charge in [0.15, 0.2) is 0 Å². The number of carboxylic acids is 1. The molecule has 0 radical (unpaired) electrons. The molecule has 0 bridgehead atoms. The Balaban J connectivity index is 3.13. The van der Waals surface area contributed by atoms with E-state index in [1.807, 2.05) is 0 Å². The predicted molar refractivity (Wildman–Crippen MR) is 73.3 cm³/mol. The molecule has 1 atom stereocenters. The molecule has 0 aliphatic heterocycles. The van der Waals surface area contributed by atoms with Gasteiger partial charge in [0, 0.05) is 6.42 Å². The molecule has 0 aromatic carbocycles. The molecule has 0 heterocycles. The predicted octanol–water partition coefficient (Wildman–Crippen LogP) is 5.02. The summed E-state index contributed by atoms with van der Waals surface area (Å²) < 4.78 is 0. The van der Waals surface area contributed by atoms with Crippen molar-refractivity contribution in [1.82, 2.24) is 0 Å². The van der Waals surface area contributed by atoms with Gasteiger partial charge < -0.3 is 5.11 Å². The van der Waals surface area contributed by atoms with E-state index in [-0.39, 0.29) is 0 Å². The Kier molecular flexibility index (Phi) is 11.6. The number of rotatable bonds is 12. The monoisotopic (exact) mass is 242 g/mol. The van der Waals surface area contributed by atoms with Gasteiger partial charge in [-0.3, -0.25) is 4.79 Å². The smallest absolute Gasteiger partial charge is 0.303 e. The lowest BCUT2D eigenvalue weighted by Crippen LogP contribution is -1.95. The molecule has 102 valence electrons. The van der Waals surface area contributed by atoms with Gasteiger partial charge in [0.05, 0.1) is 0 Å². The van der Waals surface area contributed by atoms with Crippen LogP contribution < -0.4 is 0 Å². The molecular formula is C15H30O2. The van der Waals surface area contributed by atoms with Crippen molar-refractivity contribution in [3.63, 3.8) is 0 Å². The van der Waals surface area contributed by atoms with E-state index in [0.717, 1.165) is 18.8 Å². The summed E-state index contributed by atoms with van der Waals surface area (Å²) in [6.45, 7) is 4.61. The summed E-state index contributed by atoms with van der Waals surface area (Å²) in [6, 6.07) is 0. The van der Waals surface area contributed by atoms with Crippen LogP contribution in [0.1, 0.15) is 84.5 Å². The first-order chi connectivity index (χ1) is 8.16. The number of aliphatic carboxylic acids is 1. The summed E-state index contributed by atoms with van der Waals surface area (Å²) in [4.78, 5) is 10.3. The first-order valence-electron chi connectivity index (χ1n) is 7.38. The topological polar surface area (TPSA) is 37.3 Å². The Hall–Kier alpha value is -0.530. The van der Waals surface area contributed by atoms with E-state index >= 15 is 0 Å². The van der Waals surface area contributed by atoms with E-state index in [0.29, 0.717) is 6.42 Å². The Morgan fingerprint density at radius 3 is 2.06 bits per heavy atom. The molecule has 0 fully saturated rings. The van der Waals surface area contributed by atoms with Crippen molar-refractivity contribution in [1.29, 1.82) is 0 Å². The summed E-state index contributed by atoms with van der Waals surface area (Å²) in [5.74, 6) is 0.218. The summed E-state index contributed by atoms with van der Waals surface area (Å²) in [5.41, 5.74) is 0. The van der Waals surface area contributed by atoms with Gasteiger partial charge in [0.2, 0.25) is 0 Å². The first-order valence-corrected chi connectivity index (χ1v) is 7.38. The van der Waals surface area contributed by atoms with Crippen molar-refractivity contribution < 1.29 is 9.90 Å². The van der Waals surface area contributed by atoms with Gasteiger partial charge in [0.1, 0.15) is 0 Å². The molecule has 0 aliphatic rings. The number of carbonyl (C=O) groups is 1. The number of hydrogen-bond donors (Lipinski definition) is 1. The van der Waals surface area contributed by atoms with Gasteiger partial charge in [0.25, 0.3) is 0 Å². The van der Waals surface area contributed by atoms with Gasteiger partial charge in [-0.1, -0.05) is 71.6 Å². The fraction of sp³-hybridized carbons (Fsp3) is 0.933. The minimum atomic E-state index is -0.658. The highest BCUT2D eigenvalue weighted by molar-refractivity contribution is 5.66. The maximum atomic E-state index is 10.3. The van der Waals surface area contributed by atoms with E-state index in [2.05, 4.69) is 13.8 Å². The van der Waals surface area contributed by atoms with Crippen molar-refractivity contribution in [2.24, 2.45) is 5.92 Å². The van der Waals surface area contributed by atoms with Crippen molar-refractivity contribution >= 4 is 5.97 Å². The lowest BCUT2D eigenvalue weighted by Gasteiger charge is -2.10. The van der Waals surface area contributed by atoms with Gasteiger partial charge >= 0.3 is 5.97 Å². The second-order valence-electron chi connectivity index (χ2n) is 5.30. The summed E-state index contributed by atoms with van der Waals surface area (Å²) in [7, 11) is 0. The van der Waals surface area contributed by atoms with Crippen LogP contribution in [-0.4, -0.2) is 11.1 Å². The van der Waals surface area contributed by atoms with Crippen molar-refractivity contribution in [3.05, 3.63) is 0 Å². The van der Waals surface area contributed by atoms with Crippen molar-refractivity contribution in [2.75, 3.05) is 0 Å². The SMILES string of the molecule is CCCCCC(C)CCCCCCCC(=O)O. The van der Waals surface area contributed by atoms with Crippen LogP contribution in [0.2, 0.25) is 0 Å². The van der Waals surface area contributed by atoms with E-state index in [1.165, 1.54) is 51.4 Å². The normalized spacial score (nSPS) is 12.6. The molecular weight excluding hydrogens is 212 g/mol. The number of unbranched alkanes of at least 4 members (excludes halogenated alkanes) is 6. The van der Waals surface area contributed by atoms with Crippen LogP contribution in [-0.2, 0) is 4.79 Å². The number of hydrogen-bond acceptors (Lipinski definition) is 1. The average Bonchev–Trinajstić information content (AvgIpc) is 2.28. The van der Waals surface area contributed by atoms with E-state index in [9.17, 15) is 4.79 Å². The fourth-order valence-corrected chi connectivity index (χ4v) is 2.19. The Bertz CT molecular complexity index is 178. The summed E-state index contributed by atoms with van der Waals surface area (Å²) in [5, 5.41) is 8.49. The van der Waals surface area contributed by atoms with Crippen LogP contribution in [0.3, 0.4) is 0 Å². The highest BCUT2D eigenvalue weighted by atomic mass is 16.4. The molecule has 0 aromatic heterocycles. The molecule has 0 saturated carbocycles.